The Kier molecular flexibility index (Phi) is 5.50. The number of aromatic nitrogens is 2. The van der Waals surface area contributed by atoms with Crippen molar-refractivity contribution < 1.29 is 4.42 Å². The predicted octanol–water partition coefficient (Wildman–Crippen LogP) is 2.50. The Labute approximate surface area is 141 Å². The largest absolute Gasteiger partial charge is 0.469 e. The van der Waals surface area contributed by atoms with Crippen LogP contribution in [0.4, 0.5) is 0 Å². The predicted molar refractivity (Wildman–Crippen MR) is 96.2 cm³/mol. The van der Waals surface area contributed by atoms with E-state index in [0.717, 1.165) is 54.5 Å². The third-order valence-corrected chi connectivity index (χ3v) is 3.65. The third-order valence-electron chi connectivity index (χ3n) is 3.65. The van der Waals surface area contributed by atoms with E-state index in [1.165, 1.54) is 0 Å². The summed E-state index contributed by atoms with van der Waals surface area (Å²) in [4.78, 5) is 12.5. The van der Waals surface area contributed by atoms with Gasteiger partial charge in [-0.05, 0) is 31.2 Å². The van der Waals surface area contributed by atoms with Gasteiger partial charge in [0.05, 0.1) is 17.3 Å². The number of benzene rings is 1. The molecule has 0 unspecified atom stereocenters. The number of furan rings is 1. The topological polar surface area (TPSA) is 78.2 Å². The molecular formula is C18H23N5O. The molecule has 0 aliphatic heterocycles. The van der Waals surface area contributed by atoms with Gasteiger partial charge in [0.1, 0.15) is 11.6 Å². The molecule has 0 spiro atoms. The number of hydrogen-bond donors (Lipinski definition) is 3. The van der Waals surface area contributed by atoms with Crippen LogP contribution in [0.25, 0.3) is 11.0 Å². The summed E-state index contributed by atoms with van der Waals surface area (Å²) in [5.41, 5.74) is 2.08. The van der Waals surface area contributed by atoms with Crippen LogP contribution in [0.5, 0.6) is 0 Å². The minimum absolute atomic E-state index is 0.688. The third kappa shape index (κ3) is 4.38. The number of aromatic amines is 1. The zero-order valence-corrected chi connectivity index (χ0v) is 13.9. The molecule has 0 saturated carbocycles. The van der Waals surface area contributed by atoms with Gasteiger partial charge in [-0.3, -0.25) is 4.99 Å². The van der Waals surface area contributed by atoms with Crippen molar-refractivity contribution in [3.8, 4) is 0 Å². The minimum Gasteiger partial charge on any atom is -0.469 e. The molecule has 3 aromatic rings. The summed E-state index contributed by atoms with van der Waals surface area (Å²) in [6.45, 7) is 4.35. The summed E-state index contributed by atoms with van der Waals surface area (Å²) in [6.07, 6.45) is 3.31. The summed E-state index contributed by atoms with van der Waals surface area (Å²) < 4.78 is 5.32. The monoisotopic (exact) mass is 325 g/mol. The van der Waals surface area contributed by atoms with Gasteiger partial charge in [-0.25, -0.2) is 4.98 Å². The SMILES string of the molecule is CCNC(=NCCc1ccco1)NCCc1nc2ccccc2[nH]1. The lowest BCUT2D eigenvalue weighted by Gasteiger charge is -2.10. The number of fused-ring (bicyclic) bond motifs is 1. The lowest BCUT2D eigenvalue weighted by atomic mass is 10.3. The molecule has 6 nitrogen and oxygen atoms in total. The van der Waals surface area contributed by atoms with Crippen LogP contribution in [-0.4, -0.2) is 35.6 Å². The van der Waals surface area contributed by atoms with Gasteiger partial charge < -0.3 is 20.0 Å². The quantitative estimate of drug-likeness (QED) is 0.461. The second-order valence-corrected chi connectivity index (χ2v) is 5.47. The van der Waals surface area contributed by atoms with Gasteiger partial charge in [0, 0.05) is 32.5 Å². The van der Waals surface area contributed by atoms with Crippen molar-refractivity contribution in [3.05, 3.63) is 54.2 Å². The smallest absolute Gasteiger partial charge is 0.191 e. The van der Waals surface area contributed by atoms with Crippen LogP contribution in [-0.2, 0) is 12.8 Å². The molecule has 0 aliphatic carbocycles. The normalized spacial score (nSPS) is 11.8. The van der Waals surface area contributed by atoms with Crippen LogP contribution in [0.15, 0.2) is 52.1 Å². The number of nitrogens with zero attached hydrogens (tertiary/aromatic N) is 2. The van der Waals surface area contributed by atoms with Gasteiger partial charge >= 0.3 is 0 Å². The number of guanidine groups is 1. The number of imidazole rings is 1. The first-order valence-electron chi connectivity index (χ1n) is 8.33. The average molecular weight is 325 g/mol. The molecule has 0 aliphatic rings. The summed E-state index contributed by atoms with van der Waals surface area (Å²) >= 11 is 0. The molecule has 24 heavy (non-hydrogen) atoms. The fourth-order valence-electron chi connectivity index (χ4n) is 2.50. The van der Waals surface area contributed by atoms with Crippen LogP contribution in [0, 0.1) is 0 Å². The number of rotatable bonds is 7. The van der Waals surface area contributed by atoms with Crippen molar-refractivity contribution in [1.29, 1.82) is 0 Å². The number of hydrogen-bond acceptors (Lipinski definition) is 3. The molecule has 2 heterocycles. The lowest BCUT2D eigenvalue weighted by molar-refractivity contribution is 0.510. The van der Waals surface area contributed by atoms with Crippen molar-refractivity contribution in [2.75, 3.05) is 19.6 Å². The van der Waals surface area contributed by atoms with Crippen molar-refractivity contribution in [2.24, 2.45) is 4.99 Å². The Morgan fingerprint density at radius 1 is 1.17 bits per heavy atom. The van der Waals surface area contributed by atoms with Gasteiger partial charge in [-0.1, -0.05) is 12.1 Å². The van der Waals surface area contributed by atoms with Crippen LogP contribution >= 0.6 is 0 Å². The first kappa shape index (κ1) is 16.1. The van der Waals surface area contributed by atoms with E-state index in [9.17, 15) is 0 Å². The van der Waals surface area contributed by atoms with E-state index in [-0.39, 0.29) is 0 Å². The Bertz CT molecular complexity index is 743. The van der Waals surface area contributed by atoms with Gasteiger partial charge in [0.15, 0.2) is 5.96 Å². The average Bonchev–Trinajstić information content (AvgIpc) is 3.23. The maximum Gasteiger partial charge on any atom is 0.191 e. The molecule has 6 heteroatoms. The van der Waals surface area contributed by atoms with Gasteiger partial charge in [-0.15, -0.1) is 0 Å². The van der Waals surface area contributed by atoms with E-state index >= 15 is 0 Å². The standard InChI is InChI=1S/C18H23N5O/c1-2-19-18(20-11-9-14-6-5-13-24-14)21-12-10-17-22-15-7-3-4-8-16(15)23-17/h3-8,13H,2,9-12H2,1H3,(H,22,23)(H2,19,20,21). The Morgan fingerprint density at radius 3 is 2.88 bits per heavy atom. The summed E-state index contributed by atoms with van der Waals surface area (Å²) in [5.74, 6) is 2.76. The zero-order valence-electron chi connectivity index (χ0n) is 13.9. The van der Waals surface area contributed by atoms with E-state index in [4.69, 9.17) is 4.42 Å². The molecule has 0 radical (unpaired) electrons. The lowest BCUT2D eigenvalue weighted by Crippen LogP contribution is -2.38. The van der Waals surface area contributed by atoms with Crippen LogP contribution in [0.3, 0.4) is 0 Å². The van der Waals surface area contributed by atoms with Crippen LogP contribution < -0.4 is 10.6 Å². The van der Waals surface area contributed by atoms with Gasteiger partial charge in [0.2, 0.25) is 0 Å². The van der Waals surface area contributed by atoms with Crippen molar-refractivity contribution in [1.82, 2.24) is 20.6 Å². The Hall–Kier alpha value is -2.76. The summed E-state index contributed by atoms with van der Waals surface area (Å²) in [7, 11) is 0. The maximum absolute atomic E-state index is 5.32. The molecule has 3 rings (SSSR count). The van der Waals surface area contributed by atoms with Crippen molar-refractivity contribution >= 4 is 17.0 Å². The molecule has 2 aromatic heterocycles. The molecule has 3 N–H and O–H groups in total. The van der Waals surface area contributed by atoms with Gasteiger partial charge in [0.25, 0.3) is 0 Å². The maximum atomic E-state index is 5.32. The van der Waals surface area contributed by atoms with E-state index < -0.39 is 0 Å². The molecule has 0 fully saturated rings. The second kappa shape index (κ2) is 8.19. The molecule has 0 bridgehead atoms. The molecule has 0 atom stereocenters. The molecule has 1 aromatic carbocycles. The highest BCUT2D eigenvalue weighted by molar-refractivity contribution is 5.79. The number of nitrogens with one attached hydrogen (secondary N) is 3. The highest BCUT2D eigenvalue weighted by Crippen LogP contribution is 2.10. The minimum atomic E-state index is 0.688. The molecule has 0 saturated heterocycles. The fraction of sp³-hybridized carbons (Fsp3) is 0.333. The second-order valence-electron chi connectivity index (χ2n) is 5.47. The Morgan fingerprint density at radius 2 is 2.08 bits per heavy atom. The first-order chi connectivity index (χ1) is 11.8. The molecule has 0 amide bonds. The van der Waals surface area contributed by atoms with Crippen LogP contribution in [0.2, 0.25) is 0 Å². The highest BCUT2D eigenvalue weighted by Gasteiger charge is 2.03. The van der Waals surface area contributed by atoms with E-state index in [0.29, 0.717) is 6.54 Å². The number of para-hydroxylation sites is 2. The van der Waals surface area contributed by atoms with Crippen molar-refractivity contribution in [2.45, 2.75) is 19.8 Å². The first-order valence-corrected chi connectivity index (χ1v) is 8.33. The summed E-state index contributed by atoms with van der Waals surface area (Å²) in [5, 5.41) is 6.60. The fourth-order valence-corrected chi connectivity index (χ4v) is 2.50. The summed E-state index contributed by atoms with van der Waals surface area (Å²) in [6, 6.07) is 11.9. The number of H-pyrrole nitrogens is 1. The van der Waals surface area contributed by atoms with E-state index in [1.807, 2.05) is 36.4 Å². The Balaban J connectivity index is 1.49. The highest BCUT2D eigenvalue weighted by atomic mass is 16.3. The van der Waals surface area contributed by atoms with Gasteiger partial charge in [-0.2, -0.15) is 0 Å². The molecular weight excluding hydrogens is 302 g/mol. The number of aliphatic imine (C=N–C) groups is 1. The van der Waals surface area contributed by atoms with Crippen molar-refractivity contribution in [3.63, 3.8) is 0 Å². The van der Waals surface area contributed by atoms with E-state index in [2.05, 4.69) is 32.5 Å². The van der Waals surface area contributed by atoms with E-state index in [1.54, 1.807) is 6.26 Å². The van der Waals surface area contributed by atoms with Crippen LogP contribution in [0.1, 0.15) is 18.5 Å². The zero-order chi connectivity index (χ0) is 16.6. The molecule has 126 valence electrons.